The predicted molar refractivity (Wildman–Crippen MR) is 70.0 cm³/mol. The smallest absolute Gasteiger partial charge is 0.413 e. The molecule has 1 amide bonds. The molecule has 1 N–H and O–H groups in total. The Bertz CT molecular complexity index is 449. The first kappa shape index (κ1) is 14.9. The average molecular weight is 266 g/mol. The zero-order valence-electron chi connectivity index (χ0n) is 11.5. The standard InChI is InChI=1S/C13H18N2O4/c1-5-11(16)18-9-6-7-10(14-8-9)15-12(17)19-13(2,3)4/h6-8H,5H2,1-4H3,(H,14,15,17). The lowest BCUT2D eigenvalue weighted by molar-refractivity contribution is -0.134. The van der Waals surface area contributed by atoms with E-state index in [2.05, 4.69) is 10.3 Å². The van der Waals surface area contributed by atoms with Gasteiger partial charge < -0.3 is 9.47 Å². The van der Waals surface area contributed by atoms with Gasteiger partial charge in [-0.05, 0) is 32.9 Å². The van der Waals surface area contributed by atoms with Gasteiger partial charge in [-0.25, -0.2) is 9.78 Å². The van der Waals surface area contributed by atoms with Gasteiger partial charge in [-0.1, -0.05) is 6.92 Å². The lowest BCUT2D eigenvalue weighted by Crippen LogP contribution is -2.27. The molecule has 0 unspecified atom stereocenters. The Hall–Kier alpha value is -2.11. The van der Waals surface area contributed by atoms with Gasteiger partial charge in [-0.2, -0.15) is 0 Å². The Labute approximate surface area is 112 Å². The van der Waals surface area contributed by atoms with Gasteiger partial charge in [0.2, 0.25) is 0 Å². The second-order valence-corrected chi connectivity index (χ2v) is 4.83. The summed E-state index contributed by atoms with van der Waals surface area (Å²) in [6, 6.07) is 3.08. The van der Waals surface area contributed by atoms with E-state index in [0.717, 1.165) is 0 Å². The summed E-state index contributed by atoms with van der Waals surface area (Å²) >= 11 is 0. The van der Waals surface area contributed by atoms with Crippen molar-refractivity contribution in [1.29, 1.82) is 0 Å². The van der Waals surface area contributed by atoms with Crippen molar-refractivity contribution in [1.82, 2.24) is 4.98 Å². The summed E-state index contributed by atoms with van der Waals surface area (Å²) in [5.41, 5.74) is -0.569. The molecular weight excluding hydrogens is 248 g/mol. The largest absolute Gasteiger partial charge is 0.444 e. The highest BCUT2D eigenvalue weighted by Gasteiger charge is 2.16. The minimum Gasteiger partial charge on any atom is -0.444 e. The Morgan fingerprint density at radius 1 is 1.32 bits per heavy atom. The zero-order chi connectivity index (χ0) is 14.5. The van der Waals surface area contributed by atoms with E-state index in [1.807, 2.05) is 0 Å². The molecule has 19 heavy (non-hydrogen) atoms. The molecule has 1 rings (SSSR count). The minimum atomic E-state index is -0.585. The van der Waals surface area contributed by atoms with Crippen molar-refractivity contribution < 1.29 is 19.1 Å². The molecule has 1 heterocycles. The summed E-state index contributed by atoms with van der Waals surface area (Å²) in [7, 11) is 0. The Kier molecular flexibility index (Phi) is 4.86. The third-order valence-electron chi connectivity index (χ3n) is 1.89. The number of hydrogen-bond donors (Lipinski definition) is 1. The number of carbonyl (C=O) groups excluding carboxylic acids is 2. The normalized spacial score (nSPS) is 10.7. The molecule has 0 saturated carbocycles. The van der Waals surface area contributed by atoms with Gasteiger partial charge in [0.25, 0.3) is 0 Å². The summed E-state index contributed by atoms with van der Waals surface area (Å²) in [6.07, 6.45) is 1.07. The van der Waals surface area contributed by atoms with E-state index in [-0.39, 0.29) is 12.4 Å². The minimum absolute atomic E-state index is 0.290. The molecule has 0 atom stereocenters. The first-order valence-corrected chi connectivity index (χ1v) is 5.97. The second-order valence-electron chi connectivity index (χ2n) is 4.83. The van der Waals surface area contributed by atoms with Gasteiger partial charge in [0, 0.05) is 6.42 Å². The number of esters is 1. The zero-order valence-corrected chi connectivity index (χ0v) is 11.5. The monoisotopic (exact) mass is 266 g/mol. The molecule has 1 aromatic heterocycles. The maximum atomic E-state index is 11.5. The summed E-state index contributed by atoms with van der Waals surface area (Å²) in [5.74, 6) is 0.321. The number of anilines is 1. The molecule has 0 aliphatic rings. The Balaban J connectivity index is 2.57. The summed E-state index contributed by atoms with van der Waals surface area (Å²) in [5, 5.41) is 2.48. The molecule has 0 bridgehead atoms. The maximum Gasteiger partial charge on any atom is 0.413 e. The van der Waals surface area contributed by atoms with Crippen molar-refractivity contribution in [3.8, 4) is 5.75 Å². The number of pyridine rings is 1. The summed E-state index contributed by atoms with van der Waals surface area (Å²) < 4.78 is 10.0. The van der Waals surface area contributed by atoms with Crippen LogP contribution in [-0.2, 0) is 9.53 Å². The number of nitrogens with zero attached hydrogens (tertiary/aromatic N) is 1. The van der Waals surface area contributed by atoms with E-state index < -0.39 is 11.7 Å². The van der Waals surface area contributed by atoms with E-state index in [0.29, 0.717) is 11.6 Å². The quantitative estimate of drug-likeness (QED) is 0.851. The second kappa shape index (κ2) is 6.17. The van der Waals surface area contributed by atoms with Gasteiger partial charge in [-0.3, -0.25) is 10.1 Å². The highest BCUT2D eigenvalue weighted by atomic mass is 16.6. The Morgan fingerprint density at radius 3 is 2.47 bits per heavy atom. The van der Waals surface area contributed by atoms with E-state index in [9.17, 15) is 9.59 Å². The molecule has 6 nitrogen and oxygen atoms in total. The van der Waals surface area contributed by atoms with Crippen molar-refractivity contribution in [3.05, 3.63) is 18.3 Å². The van der Waals surface area contributed by atoms with Gasteiger partial charge in [0.1, 0.15) is 17.2 Å². The van der Waals surface area contributed by atoms with Crippen LogP contribution in [0.4, 0.5) is 10.6 Å². The number of hydrogen-bond acceptors (Lipinski definition) is 5. The first-order chi connectivity index (χ1) is 8.80. The lowest BCUT2D eigenvalue weighted by atomic mass is 10.2. The third kappa shape index (κ3) is 5.85. The van der Waals surface area contributed by atoms with Crippen LogP contribution in [0.2, 0.25) is 0 Å². The Morgan fingerprint density at radius 2 is 2.00 bits per heavy atom. The van der Waals surface area contributed by atoms with Crippen molar-refractivity contribution in [3.63, 3.8) is 0 Å². The number of carbonyl (C=O) groups is 2. The molecule has 0 saturated heterocycles. The van der Waals surface area contributed by atoms with Gasteiger partial charge in [0.15, 0.2) is 0 Å². The molecular formula is C13H18N2O4. The van der Waals surface area contributed by atoms with Crippen LogP contribution in [-0.4, -0.2) is 22.6 Å². The first-order valence-electron chi connectivity index (χ1n) is 5.97. The number of rotatable bonds is 3. The lowest BCUT2D eigenvalue weighted by Gasteiger charge is -2.19. The van der Waals surface area contributed by atoms with Crippen LogP contribution in [0.1, 0.15) is 34.1 Å². The summed E-state index contributed by atoms with van der Waals surface area (Å²) in [6.45, 7) is 7.02. The molecule has 0 fully saturated rings. The number of ether oxygens (including phenoxy) is 2. The van der Waals surface area contributed by atoms with Crippen molar-refractivity contribution in [2.45, 2.75) is 39.7 Å². The van der Waals surface area contributed by atoms with Gasteiger partial charge in [-0.15, -0.1) is 0 Å². The van der Waals surface area contributed by atoms with Crippen LogP contribution in [0.15, 0.2) is 18.3 Å². The van der Waals surface area contributed by atoms with Gasteiger partial charge >= 0.3 is 12.1 Å². The maximum absolute atomic E-state index is 11.5. The highest BCUT2D eigenvalue weighted by Crippen LogP contribution is 2.14. The average Bonchev–Trinajstić information content (AvgIpc) is 2.29. The number of amides is 1. The predicted octanol–water partition coefficient (Wildman–Crippen LogP) is 2.74. The molecule has 0 aliphatic heterocycles. The van der Waals surface area contributed by atoms with Crippen LogP contribution in [0, 0.1) is 0 Å². The molecule has 0 radical (unpaired) electrons. The highest BCUT2D eigenvalue weighted by molar-refractivity contribution is 5.83. The van der Waals surface area contributed by atoms with Crippen molar-refractivity contribution >= 4 is 17.9 Å². The van der Waals surface area contributed by atoms with E-state index >= 15 is 0 Å². The topological polar surface area (TPSA) is 77.5 Å². The van der Waals surface area contributed by atoms with E-state index in [1.165, 1.54) is 12.3 Å². The van der Waals surface area contributed by atoms with Crippen LogP contribution in [0.5, 0.6) is 5.75 Å². The van der Waals surface area contributed by atoms with E-state index in [4.69, 9.17) is 9.47 Å². The van der Waals surface area contributed by atoms with E-state index in [1.54, 1.807) is 33.8 Å². The molecule has 0 aliphatic carbocycles. The van der Waals surface area contributed by atoms with Crippen molar-refractivity contribution in [2.24, 2.45) is 0 Å². The number of nitrogens with one attached hydrogen (secondary N) is 1. The van der Waals surface area contributed by atoms with Crippen molar-refractivity contribution in [2.75, 3.05) is 5.32 Å². The van der Waals surface area contributed by atoms with Crippen LogP contribution in [0.25, 0.3) is 0 Å². The molecule has 104 valence electrons. The van der Waals surface area contributed by atoms with Crippen LogP contribution < -0.4 is 10.1 Å². The number of aromatic nitrogens is 1. The fraction of sp³-hybridized carbons (Fsp3) is 0.462. The molecule has 0 spiro atoms. The van der Waals surface area contributed by atoms with Crippen LogP contribution >= 0.6 is 0 Å². The van der Waals surface area contributed by atoms with Gasteiger partial charge in [0.05, 0.1) is 6.20 Å². The fourth-order valence-corrected chi connectivity index (χ4v) is 1.13. The summed E-state index contributed by atoms with van der Waals surface area (Å²) in [4.78, 5) is 26.5. The molecule has 0 aromatic carbocycles. The third-order valence-corrected chi connectivity index (χ3v) is 1.89. The van der Waals surface area contributed by atoms with Crippen LogP contribution in [0.3, 0.4) is 0 Å². The SMILES string of the molecule is CCC(=O)Oc1ccc(NC(=O)OC(C)(C)C)nc1. The fourth-order valence-electron chi connectivity index (χ4n) is 1.13. The molecule has 6 heteroatoms. The molecule has 1 aromatic rings.